The van der Waals surface area contributed by atoms with E-state index in [4.69, 9.17) is 5.26 Å². The minimum Gasteiger partial charge on any atom is -0.381 e. The van der Waals surface area contributed by atoms with Crippen molar-refractivity contribution in [2.24, 2.45) is 7.05 Å². The molecule has 0 aliphatic carbocycles. The maximum Gasteiger partial charge on any atom is 0.272 e. The molecule has 0 aliphatic rings. The molecule has 6 heteroatoms. The second-order valence-electron chi connectivity index (χ2n) is 4.57. The third kappa shape index (κ3) is 2.78. The van der Waals surface area contributed by atoms with Crippen LogP contribution in [-0.4, -0.2) is 9.49 Å². The summed E-state index contributed by atoms with van der Waals surface area (Å²) >= 11 is 0. The standard InChI is InChI=1S/C14H14N4O2/c1-10-5-12(3-4-14(10)18(19)20)16-8-11-6-13(7-15)17(2)9-11/h3-6,9,16H,8H2,1-2H3. The van der Waals surface area contributed by atoms with Gasteiger partial charge in [0.1, 0.15) is 11.8 Å². The van der Waals surface area contributed by atoms with Crippen LogP contribution in [0.1, 0.15) is 16.8 Å². The number of nitro benzene ring substituents is 1. The van der Waals surface area contributed by atoms with Crippen molar-refractivity contribution >= 4 is 11.4 Å². The Kier molecular flexibility index (Phi) is 3.71. The van der Waals surface area contributed by atoms with E-state index in [9.17, 15) is 10.1 Å². The number of anilines is 1. The molecule has 0 unspecified atom stereocenters. The van der Waals surface area contributed by atoms with Crippen LogP contribution in [0.2, 0.25) is 0 Å². The van der Waals surface area contributed by atoms with Gasteiger partial charge in [0.2, 0.25) is 0 Å². The Morgan fingerprint density at radius 2 is 2.20 bits per heavy atom. The molecule has 0 saturated carbocycles. The van der Waals surface area contributed by atoms with Gasteiger partial charge in [-0.2, -0.15) is 5.26 Å². The molecule has 0 radical (unpaired) electrons. The molecule has 0 aliphatic heterocycles. The Morgan fingerprint density at radius 3 is 2.75 bits per heavy atom. The summed E-state index contributed by atoms with van der Waals surface area (Å²) in [6.45, 7) is 2.27. The zero-order valence-corrected chi connectivity index (χ0v) is 11.3. The van der Waals surface area contributed by atoms with Crippen molar-refractivity contribution in [3.63, 3.8) is 0 Å². The van der Waals surface area contributed by atoms with Gasteiger partial charge in [-0.1, -0.05) is 0 Å². The summed E-state index contributed by atoms with van der Waals surface area (Å²) in [6, 6.07) is 8.83. The summed E-state index contributed by atoms with van der Waals surface area (Å²) in [7, 11) is 1.82. The smallest absolute Gasteiger partial charge is 0.272 e. The zero-order chi connectivity index (χ0) is 14.7. The van der Waals surface area contributed by atoms with E-state index in [1.54, 1.807) is 23.6 Å². The normalized spacial score (nSPS) is 10.1. The fourth-order valence-electron chi connectivity index (χ4n) is 2.02. The Bertz CT molecular complexity index is 698. The fraction of sp³-hybridized carbons (Fsp3) is 0.214. The van der Waals surface area contributed by atoms with E-state index >= 15 is 0 Å². The Labute approximate surface area is 116 Å². The number of nitro groups is 1. The average molecular weight is 270 g/mol. The molecule has 2 rings (SSSR count). The first-order valence-electron chi connectivity index (χ1n) is 6.05. The highest BCUT2D eigenvalue weighted by molar-refractivity contribution is 5.53. The topological polar surface area (TPSA) is 83.9 Å². The van der Waals surface area contributed by atoms with Crippen molar-refractivity contribution in [2.75, 3.05) is 5.32 Å². The van der Waals surface area contributed by atoms with Gasteiger partial charge in [-0.25, -0.2) is 0 Å². The largest absolute Gasteiger partial charge is 0.381 e. The number of hydrogen-bond donors (Lipinski definition) is 1. The first-order chi connectivity index (χ1) is 9.51. The summed E-state index contributed by atoms with van der Waals surface area (Å²) in [6.07, 6.45) is 1.88. The minimum absolute atomic E-state index is 0.113. The van der Waals surface area contributed by atoms with Crippen molar-refractivity contribution in [3.8, 4) is 6.07 Å². The monoisotopic (exact) mass is 270 g/mol. The second-order valence-corrected chi connectivity index (χ2v) is 4.57. The Hall–Kier alpha value is -2.81. The van der Waals surface area contributed by atoms with Gasteiger partial charge in [0.25, 0.3) is 5.69 Å². The average Bonchev–Trinajstić information content (AvgIpc) is 2.76. The molecule has 1 N–H and O–H groups in total. The predicted octanol–water partition coefficient (Wildman–Crippen LogP) is 2.73. The molecule has 1 aromatic carbocycles. The lowest BCUT2D eigenvalue weighted by molar-refractivity contribution is -0.385. The molecule has 102 valence electrons. The molecular formula is C14H14N4O2. The van der Waals surface area contributed by atoms with Gasteiger partial charge in [-0.05, 0) is 30.7 Å². The van der Waals surface area contributed by atoms with Gasteiger partial charge in [-0.15, -0.1) is 0 Å². The second kappa shape index (κ2) is 5.45. The summed E-state index contributed by atoms with van der Waals surface area (Å²) in [5.41, 5.74) is 3.13. The zero-order valence-electron chi connectivity index (χ0n) is 11.3. The summed E-state index contributed by atoms with van der Waals surface area (Å²) in [5.74, 6) is 0. The van der Waals surface area contributed by atoms with Crippen LogP contribution >= 0.6 is 0 Å². The minimum atomic E-state index is -0.393. The molecule has 0 spiro atoms. The molecular weight excluding hydrogens is 256 g/mol. The molecule has 0 atom stereocenters. The molecule has 20 heavy (non-hydrogen) atoms. The van der Waals surface area contributed by atoms with Crippen LogP contribution in [0, 0.1) is 28.4 Å². The Balaban J connectivity index is 2.09. The number of rotatable bonds is 4. The van der Waals surface area contributed by atoms with Gasteiger partial charge in [0, 0.05) is 37.1 Å². The first-order valence-corrected chi connectivity index (χ1v) is 6.05. The van der Waals surface area contributed by atoms with Crippen LogP contribution in [0.5, 0.6) is 0 Å². The first kappa shape index (κ1) is 13.6. The van der Waals surface area contributed by atoms with Crippen molar-refractivity contribution in [1.29, 1.82) is 5.26 Å². The van der Waals surface area contributed by atoms with Gasteiger partial charge in [-0.3, -0.25) is 10.1 Å². The highest BCUT2D eigenvalue weighted by atomic mass is 16.6. The van der Waals surface area contributed by atoms with Gasteiger partial charge in [0.15, 0.2) is 0 Å². The number of nitrogens with one attached hydrogen (secondary N) is 1. The van der Waals surface area contributed by atoms with E-state index in [-0.39, 0.29) is 5.69 Å². The van der Waals surface area contributed by atoms with Gasteiger partial charge in [0.05, 0.1) is 4.92 Å². The highest BCUT2D eigenvalue weighted by Crippen LogP contribution is 2.22. The van der Waals surface area contributed by atoms with E-state index in [2.05, 4.69) is 11.4 Å². The lowest BCUT2D eigenvalue weighted by Crippen LogP contribution is -1.99. The van der Waals surface area contributed by atoms with Crippen LogP contribution in [0.3, 0.4) is 0 Å². The molecule has 0 bridgehead atoms. The van der Waals surface area contributed by atoms with Crippen molar-refractivity contribution < 1.29 is 4.92 Å². The van der Waals surface area contributed by atoms with Crippen molar-refractivity contribution in [2.45, 2.75) is 13.5 Å². The van der Waals surface area contributed by atoms with Crippen LogP contribution in [0.4, 0.5) is 11.4 Å². The van der Waals surface area contributed by atoms with E-state index < -0.39 is 4.92 Å². The number of aromatic nitrogens is 1. The van der Waals surface area contributed by atoms with Crippen LogP contribution < -0.4 is 5.32 Å². The predicted molar refractivity (Wildman–Crippen MR) is 75.3 cm³/mol. The third-order valence-electron chi connectivity index (χ3n) is 3.07. The number of benzene rings is 1. The summed E-state index contributed by atoms with van der Waals surface area (Å²) < 4.78 is 1.76. The number of nitrogens with zero attached hydrogens (tertiary/aromatic N) is 3. The lowest BCUT2D eigenvalue weighted by atomic mass is 10.2. The summed E-state index contributed by atoms with van der Waals surface area (Å²) in [5, 5.41) is 22.8. The Morgan fingerprint density at radius 1 is 1.45 bits per heavy atom. The molecule has 1 aromatic heterocycles. The van der Waals surface area contributed by atoms with E-state index in [0.717, 1.165) is 11.3 Å². The quantitative estimate of drug-likeness (QED) is 0.683. The molecule has 0 saturated heterocycles. The number of aryl methyl sites for hydroxylation is 2. The van der Waals surface area contributed by atoms with Gasteiger partial charge >= 0.3 is 0 Å². The SMILES string of the molecule is Cc1cc(NCc2cc(C#N)n(C)c2)ccc1[N+](=O)[O-]. The van der Waals surface area contributed by atoms with E-state index in [1.807, 2.05) is 19.3 Å². The van der Waals surface area contributed by atoms with Crippen LogP contribution in [0.15, 0.2) is 30.5 Å². The number of nitriles is 1. The molecule has 0 amide bonds. The maximum absolute atomic E-state index is 10.7. The molecule has 0 fully saturated rings. The summed E-state index contributed by atoms with van der Waals surface area (Å²) in [4.78, 5) is 10.3. The van der Waals surface area contributed by atoms with Gasteiger partial charge < -0.3 is 9.88 Å². The third-order valence-corrected chi connectivity index (χ3v) is 3.07. The maximum atomic E-state index is 10.7. The van der Waals surface area contributed by atoms with Crippen molar-refractivity contribution in [1.82, 2.24) is 4.57 Å². The molecule has 1 heterocycles. The lowest BCUT2D eigenvalue weighted by Gasteiger charge is -2.06. The highest BCUT2D eigenvalue weighted by Gasteiger charge is 2.10. The molecule has 2 aromatic rings. The van der Waals surface area contributed by atoms with E-state index in [1.165, 1.54) is 6.07 Å². The molecule has 6 nitrogen and oxygen atoms in total. The fourth-order valence-corrected chi connectivity index (χ4v) is 2.02. The van der Waals surface area contributed by atoms with Crippen molar-refractivity contribution in [3.05, 3.63) is 57.4 Å². The van der Waals surface area contributed by atoms with Crippen LogP contribution in [0.25, 0.3) is 0 Å². The van der Waals surface area contributed by atoms with Crippen LogP contribution in [-0.2, 0) is 13.6 Å². The van der Waals surface area contributed by atoms with E-state index in [0.29, 0.717) is 17.8 Å². The number of hydrogen-bond acceptors (Lipinski definition) is 4.